The zero-order valence-corrected chi connectivity index (χ0v) is 14.5. The van der Waals surface area contributed by atoms with E-state index in [4.69, 9.17) is 12.2 Å². The van der Waals surface area contributed by atoms with E-state index >= 15 is 0 Å². The highest BCUT2D eigenvalue weighted by Crippen LogP contribution is 2.55. The SMILES string of the molecule is S=C(NC[C@H]1C[C@@H]2CC[C@H]1C2)NC12CC3CC(CC(C3)C1)C2. The van der Waals surface area contributed by atoms with E-state index in [0.717, 1.165) is 47.2 Å². The Hall–Kier alpha value is -0.310. The van der Waals surface area contributed by atoms with Crippen molar-refractivity contribution in [2.45, 2.75) is 69.7 Å². The van der Waals surface area contributed by atoms with Gasteiger partial charge >= 0.3 is 0 Å². The van der Waals surface area contributed by atoms with Crippen molar-refractivity contribution < 1.29 is 0 Å². The van der Waals surface area contributed by atoms with Crippen molar-refractivity contribution >= 4 is 17.3 Å². The maximum atomic E-state index is 5.69. The summed E-state index contributed by atoms with van der Waals surface area (Å²) in [6, 6.07) is 0. The minimum absolute atomic E-state index is 0.369. The molecule has 0 unspecified atom stereocenters. The largest absolute Gasteiger partial charge is 0.362 e. The van der Waals surface area contributed by atoms with Crippen molar-refractivity contribution in [3.05, 3.63) is 0 Å². The summed E-state index contributed by atoms with van der Waals surface area (Å²) < 4.78 is 0. The predicted molar refractivity (Wildman–Crippen MR) is 93.6 cm³/mol. The van der Waals surface area contributed by atoms with Crippen LogP contribution in [0.2, 0.25) is 0 Å². The van der Waals surface area contributed by atoms with Crippen LogP contribution >= 0.6 is 12.2 Å². The van der Waals surface area contributed by atoms with Gasteiger partial charge in [0.25, 0.3) is 0 Å². The topological polar surface area (TPSA) is 24.1 Å². The monoisotopic (exact) mass is 318 g/mol. The molecule has 0 aliphatic heterocycles. The van der Waals surface area contributed by atoms with E-state index in [1.165, 1.54) is 64.2 Å². The zero-order chi connectivity index (χ0) is 14.7. The van der Waals surface area contributed by atoms with Gasteiger partial charge in [-0.15, -0.1) is 0 Å². The molecule has 0 saturated heterocycles. The minimum atomic E-state index is 0.369. The van der Waals surface area contributed by atoms with E-state index in [1.807, 2.05) is 0 Å². The Kier molecular flexibility index (Phi) is 3.26. The summed E-state index contributed by atoms with van der Waals surface area (Å²) in [5.74, 6) is 5.92. The first-order chi connectivity index (χ1) is 10.7. The van der Waals surface area contributed by atoms with Crippen molar-refractivity contribution in [1.29, 1.82) is 0 Å². The van der Waals surface area contributed by atoms with E-state index < -0.39 is 0 Å². The van der Waals surface area contributed by atoms with Crippen molar-refractivity contribution in [2.24, 2.45) is 35.5 Å². The molecule has 6 rings (SSSR count). The Labute approximate surface area is 140 Å². The molecule has 0 aromatic heterocycles. The number of thiocarbonyl (C=S) groups is 1. The molecular formula is C19H30N2S. The van der Waals surface area contributed by atoms with Gasteiger partial charge in [0.15, 0.2) is 5.11 Å². The van der Waals surface area contributed by atoms with Crippen LogP contribution < -0.4 is 10.6 Å². The Bertz CT molecular complexity index is 439. The average Bonchev–Trinajstić information content (AvgIpc) is 3.05. The summed E-state index contributed by atoms with van der Waals surface area (Å²) in [5, 5.41) is 8.38. The van der Waals surface area contributed by atoms with Crippen molar-refractivity contribution in [3.63, 3.8) is 0 Å². The molecule has 6 aliphatic rings. The second-order valence-electron chi connectivity index (χ2n) is 9.47. The summed E-state index contributed by atoms with van der Waals surface area (Å²) in [4.78, 5) is 0. The molecule has 3 heteroatoms. The standard InChI is InChI=1S/C19H30N2S/c22-18(20-11-17-7-12-1-2-16(17)6-12)21-19-8-13-3-14(9-19)5-15(4-13)10-19/h12-17H,1-11H2,(H2,20,21,22)/t12-,13?,14?,15?,16+,17-,19?/m1/s1. The molecule has 3 atom stereocenters. The molecule has 6 saturated carbocycles. The van der Waals surface area contributed by atoms with E-state index in [9.17, 15) is 0 Å². The highest BCUT2D eigenvalue weighted by molar-refractivity contribution is 7.80. The van der Waals surface area contributed by atoms with Crippen LogP contribution in [0.15, 0.2) is 0 Å². The van der Waals surface area contributed by atoms with Crippen LogP contribution in [-0.2, 0) is 0 Å². The molecule has 22 heavy (non-hydrogen) atoms. The molecule has 0 aromatic carbocycles. The van der Waals surface area contributed by atoms with Gasteiger partial charge in [0.1, 0.15) is 0 Å². The van der Waals surface area contributed by atoms with Crippen LogP contribution in [0.4, 0.5) is 0 Å². The van der Waals surface area contributed by atoms with Crippen molar-refractivity contribution in [2.75, 3.05) is 6.54 Å². The molecule has 122 valence electrons. The lowest BCUT2D eigenvalue weighted by Crippen LogP contribution is -2.61. The lowest BCUT2D eigenvalue weighted by molar-refractivity contribution is -0.0102. The molecule has 6 bridgehead atoms. The maximum absolute atomic E-state index is 5.69. The molecule has 0 amide bonds. The first-order valence-corrected chi connectivity index (χ1v) is 10.1. The summed E-state index contributed by atoms with van der Waals surface area (Å²) >= 11 is 5.69. The number of fused-ring (bicyclic) bond motifs is 2. The summed E-state index contributed by atoms with van der Waals surface area (Å²) in [6.07, 6.45) is 14.6. The molecular weight excluding hydrogens is 288 g/mol. The lowest BCUT2D eigenvalue weighted by atomic mass is 9.53. The third-order valence-electron chi connectivity index (χ3n) is 7.83. The molecule has 2 N–H and O–H groups in total. The van der Waals surface area contributed by atoms with Gasteiger partial charge in [0.05, 0.1) is 0 Å². The van der Waals surface area contributed by atoms with Gasteiger partial charge in [-0.2, -0.15) is 0 Å². The molecule has 0 heterocycles. The van der Waals surface area contributed by atoms with Crippen molar-refractivity contribution in [3.8, 4) is 0 Å². The fourth-order valence-corrected chi connectivity index (χ4v) is 7.70. The maximum Gasteiger partial charge on any atom is 0.166 e. The third-order valence-corrected chi connectivity index (χ3v) is 8.07. The Morgan fingerprint density at radius 2 is 1.55 bits per heavy atom. The van der Waals surface area contributed by atoms with Crippen LogP contribution in [0.3, 0.4) is 0 Å². The van der Waals surface area contributed by atoms with Crippen LogP contribution in [0.1, 0.15) is 64.2 Å². The number of hydrogen-bond acceptors (Lipinski definition) is 1. The van der Waals surface area contributed by atoms with Gasteiger partial charge in [-0.25, -0.2) is 0 Å². The predicted octanol–water partition coefficient (Wildman–Crippen LogP) is 3.86. The van der Waals surface area contributed by atoms with Crippen molar-refractivity contribution in [1.82, 2.24) is 10.6 Å². The minimum Gasteiger partial charge on any atom is -0.362 e. The zero-order valence-electron chi connectivity index (χ0n) is 13.7. The van der Waals surface area contributed by atoms with Gasteiger partial charge in [-0.05, 0) is 106 Å². The summed E-state index contributed by atoms with van der Waals surface area (Å²) in [6.45, 7) is 1.12. The first kappa shape index (κ1) is 14.1. The highest BCUT2D eigenvalue weighted by atomic mass is 32.1. The quantitative estimate of drug-likeness (QED) is 0.773. The summed E-state index contributed by atoms with van der Waals surface area (Å²) in [7, 11) is 0. The van der Waals surface area contributed by atoms with Crippen LogP contribution in [0.5, 0.6) is 0 Å². The second-order valence-corrected chi connectivity index (χ2v) is 9.88. The molecule has 0 radical (unpaired) electrons. The fraction of sp³-hybridized carbons (Fsp3) is 0.947. The van der Waals surface area contributed by atoms with Crippen LogP contribution in [0, 0.1) is 35.5 Å². The van der Waals surface area contributed by atoms with E-state index in [1.54, 1.807) is 0 Å². The highest BCUT2D eigenvalue weighted by Gasteiger charge is 2.51. The van der Waals surface area contributed by atoms with Gasteiger partial charge < -0.3 is 10.6 Å². The average molecular weight is 319 g/mol. The number of nitrogens with one attached hydrogen (secondary N) is 2. The summed E-state index contributed by atoms with van der Waals surface area (Å²) in [5.41, 5.74) is 0.369. The molecule has 6 fully saturated rings. The van der Waals surface area contributed by atoms with Gasteiger partial charge in [0.2, 0.25) is 0 Å². The lowest BCUT2D eigenvalue weighted by Gasteiger charge is -2.57. The molecule has 0 aromatic rings. The van der Waals surface area contributed by atoms with E-state index in [2.05, 4.69) is 10.6 Å². The van der Waals surface area contributed by atoms with Gasteiger partial charge in [0, 0.05) is 12.1 Å². The second kappa shape index (κ2) is 5.09. The first-order valence-electron chi connectivity index (χ1n) is 9.73. The van der Waals surface area contributed by atoms with Gasteiger partial charge in [-0.1, -0.05) is 6.42 Å². The van der Waals surface area contributed by atoms with Gasteiger partial charge in [-0.3, -0.25) is 0 Å². The van der Waals surface area contributed by atoms with E-state index in [0.29, 0.717) is 5.54 Å². The smallest absolute Gasteiger partial charge is 0.166 e. The molecule has 2 nitrogen and oxygen atoms in total. The Morgan fingerprint density at radius 3 is 2.09 bits per heavy atom. The fourth-order valence-electron chi connectivity index (χ4n) is 7.40. The normalized spacial score (nSPS) is 51.3. The molecule has 0 spiro atoms. The molecule has 6 aliphatic carbocycles. The Balaban J connectivity index is 1.17. The van der Waals surface area contributed by atoms with Crippen LogP contribution in [0.25, 0.3) is 0 Å². The third kappa shape index (κ3) is 2.39. The Morgan fingerprint density at radius 1 is 0.864 bits per heavy atom. The number of hydrogen-bond donors (Lipinski definition) is 2. The van der Waals surface area contributed by atoms with Crippen LogP contribution in [-0.4, -0.2) is 17.2 Å². The number of rotatable bonds is 3. The van der Waals surface area contributed by atoms with E-state index in [-0.39, 0.29) is 0 Å².